The van der Waals surface area contributed by atoms with E-state index in [1.54, 1.807) is 11.3 Å². The van der Waals surface area contributed by atoms with Crippen LogP contribution in [0.15, 0.2) is 12.1 Å². The number of fused-ring (bicyclic) bond motifs is 1. The maximum absolute atomic E-state index is 4.61. The van der Waals surface area contributed by atoms with Crippen LogP contribution in [-0.2, 0) is 0 Å². The second kappa shape index (κ2) is 5.44. The number of aromatic nitrogens is 1. The summed E-state index contributed by atoms with van der Waals surface area (Å²) >= 11 is 1.78. The highest BCUT2D eigenvalue weighted by atomic mass is 32.1. The summed E-state index contributed by atoms with van der Waals surface area (Å²) in [5.74, 6) is 0.556. The SMILES string of the molecule is CC.Cc1nc2c(C(C)C)c(C)ccc2s1. The molecule has 2 heteroatoms. The third-order valence-corrected chi connectivity index (χ3v) is 3.44. The minimum atomic E-state index is 0.556. The molecule has 1 nitrogen and oxygen atoms in total. The van der Waals surface area contributed by atoms with Gasteiger partial charge in [-0.3, -0.25) is 0 Å². The summed E-state index contributed by atoms with van der Waals surface area (Å²) in [7, 11) is 0. The molecular weight excluding hydrogens is 214 g/mol. The fraction of sp³-hybridized carbons (Fsp3) is 0.500. The van der Waals surface area contributed by atoms with E-state index in [4.69, 9.17) is 0 Å². The van der Waals surface area contributed by atoms with E-state index in [2.05, 4.69) is 44.8 Å². The third kappa shape index (κ3) is 2.43. The monoisotopic (exact) mass is 235 g/mol. The number of aryl methyl sites for hydroxylation is 2. The van der Waals surface area contributed by atoms with E-state index in [-0.39, 0.29) is 0 Å². The molecule has 0 atom stereocenters. The van der Waals surface area contributed by atoms with Crippen molar-refractivity contribution in [3.8, 4) is 0 Å². The Hall–Kier alpha value is -0.890. The van der Waals surface area contributed by atoms with Crippen LogP contribution in [0.1, 0.15) is 49.7 Å². The second-order valence-corrected chi connectivity index (χ2v) is 5.27. The van der Waals surface area contributed by atoms with E-state index in [0.29, 0.717) is 5.92 Å². The zero-order valence-corrected chi connectivity index (χ0v) is 11.9. The van der Waals surface area contributed by atoms with Crippen LogP contribution < -0.4 is 0 Å². The van der Waals surface area contributed by atoms with Crippen molar-refractivity contribution >= 4 is 21.6 Å². The summed E-state index contributed by atoms with van der Waals surface area (Å²) < 4.78 is 1.32. The number of nitrogens with zero attached hydrogens (tertiary/aromatic N) is 1. The average molecular weight is 235 g/mol. The molecule has 0 aliphatic carbocycles. The maximum Gasteiger partial charge on any atom is 0.0907 e. The van der Waals surface area contributed by atoms with Gasteiger partial charge in [0.25, 0.3) is 0 Å². The number of thiazole rings is 1. The lowest BCUT2D eigenvalue weighted by Crippen LogP contribution is -1.93. The molecule has 2 aromatic rings. The molecule has 0 unspecified atom stereocenters. The predicted molar refractivity (Wildman–Crippen MR) is 74.5 cm³/mol. The first-order valence-electron chi connectivity index (χ1n) is 5.96. The highest BCUT2D eigenvalue weighted by molar-refractivity contribution is 7.18. The lowest BCUT2D eigenvalue weighted by molar-refractivity contribution is 0.863. The molecule has 1 aromatic heterocycles. The van der Waals surface area contributed by atoms with E-state index in [1.165, 1.54) is 21.3 Å². The number of benzene rings is 1. The standard InChI is InChI=1S/C12H15NS.C2H6/c1-7(2)11-8(3)5-6-10-12(11)13-9(4)14-10;1-2/h5-7H,1-4H3;1-2H3. The van der Waals surface area contributed by atoms with Gasteiger partial charge in [0.05, 0.1) is 15.2 Å². The van der Waals surface area contributed by atoms with Gasteiger partial charge in [0.2, 0.25) is 0 Å². The molecule has 0 saturated heterocycles. The predicted octanol–water partition coefficient (Wildman–Crippen LogP) is 5.06. The molecule has 16 heavy (non-hydrogen) atoms. The Balaban J connectivity index is 0.000000606. The topological polar surface area (TPSA) is 12.9 Å². The molecule has 0 radical (unpaired) electrons. The number of rotatable bonds is 1. The van der Waals surface area contributed by atoms with Gasteiger partial charge in [-0.2, -0.15) is 0 Å². The fourth-order valence-electron chi connectivity index (χ4n) is 1.95. The molecular formula is C14H21NS. The minimum absolute atomic E-state index is 0.556. The van der Waals surface area contributed by atoms with Crippen molar-refractivity contribution in [2.24, 2.45) is 0 Å². The second-order valence-electron chi connectivity index (χ2n) is 4.03. The zero-order valence-electron chi connectivity index (χ0n) is 11.1. The molecule has 0 bridgehead atoms. The lowest BCUT2D eigenvalue weighted by Gasteiger charge is -2.09. The molecule has 0 saturated carbocycles. The Morgan fingerprint density at radius 2 is 1.75 bits per heavy atom. The quantitative estimate of drug-likeness (QED) is 0.673. The van der Waals surface area contributed by atoms with Gasteiger partial charge in [0.15, 0.2) is 0 Å². The highest BCUT2D eigenvalue weighted by Crippen LogP contribution is 2.31. The summed E-state index contributed by atoms with van der Waals surface area (Å²) in [6.07, 6.45) is 0. The van der Waals surface area contributed by atoms with Gasteiger partial charge in [0.1, 0.15) is 0 Å². The smallest absolute Gasteiger partial charge is 0.0907 e. The fourth-order valence-corrected chi connectivity index (χ4v) is 2.80. The molecule has 0 aliphatic heterocycles. The Kier molecular flexibility index (Phi) is 4.48. The summed E-state index contributed by atoms with van der Waals surface area (Å²) in [5, 5.41) is 1.16. The lowest BCUT2D eigenvalue weighted by atomic mass is 9.97. The molecule has 0 amide bonds. The van der Waals surface area contributed by atoms with Gasteiger partial charge in [-0.15, -0.1) is 11.3 Å². The molecule has 1 heterocycles. The molecule has 2 rings (SSSR count). The first-order valence-corrected chi connectivity index (χ1v) is 6.78. The Bertz CT molecular complexity index is 469. The van der Waals surface area contributed by atoms with Crippen molar-refractivity contribution in [3.05, 3.63) is 28.3 Å². The zero-order chi connectivity index (χ0) is 12.3. The van der Waals surface area contributed by atoms with E-state index < -0.39 is 0 Å². The van der Waals surface area contributed by atoms with Crippen LogP contribution in [0.3, 0.4) is 0 Å². The largest absolute Gasteiger partial charge is 0.241 e. The van der Waals surface area contributed by atoms with Crippen LogP contribution >= 0.6 is 11.3 Å². The van der Waals surface area contributed by atoms with E-state index >= 15 is 0 Å². The van der Waals surface area contributed by atoms with Crippen LogP contribution in [-0.4, -0.2) is 4.98 Å². The minimum Gasteiger partial charge on any atom is -0.241 e. The average Bonchev–Trinajstić information content (AvgIpc) is 2.60. The first kappa shape index (κ1) is 13.2. The van der Waals surface area contributed by atoms with Crippen LogP contribution in [0.2, 0.25) is 0 Å². The van der Waals surface area contributed by atoms with Crippen molar-refractivity contribution in [2.45, 2.75) is 47.5 Å². The summed E-state index contributed by atoms with van der Waals surface area (Å²) in [4.78, 5) is 4.61. The van der Waals surface area contributed by atoms with Crippen LogP contribution in [0.5, 0.6) is 0 Å². The van der Waals surface area contributed by atoms with Crippen LogP contribution in [0.25, 0.3) is 10.2 Å². The Labute approximate surface area is 103 Å². The highest BCUT2D eigenvalue weighted by Gasteiger charge is 2.11. The van der Waals surface area contributed by atoms with Gasteiger partial charge in [-0.25, -0.2) is 4.98 Å². The first-order chi connectivity index (χ1) is 7.59. The van der Waals surface area contributed by atoms with Crippen LogP contribution in [0.4, 0.5) is 0 Å². The number of hydrogen-bond acceptors (Lipinski definition) is 2. The summed E-state index contributed by atoms with van der Waals surface area (Å²) in [6, 6.07) is 4.39. The normalized spacial score (nSPS) is 10.4. The third-order valence-electron chi connectivity index (χ3n) is 2.50. The molecule has 0 N–H and O–H groups in total. The molecule has 0 aliphatic rings. The van der Waals surface area contributed by atoms with Gasteiger partial charge in [-0.1, -0.05) is 33.8 Å². The van der Waals surface area contributed by atoms with E-state index in [9.17, 15) is 0 Å². The van der Waals surface area contributed by atoms with E-state index in [0.717, 1.165) is 5.01 Å². The van der Waals surface area contributed by atoms with Crippen molar-refractivity contribution in [2.75, 3.05) is 0 Å². The van der Waals surface area contributed by atoms with Crippen molar-refractivity contribution in [1.82, 2.24) is 4.98 Å². The summed E-state index contributed by atoms with van der Waals surface area (Å²) in [5.41, 5.74) is 3.98. The molecule has 1 aromatic carbocycles. The van der Waals surface area contributed by atoms with Gasteiger partial charge in [0, 0.05) is 0 Å². The van der Waals surface area contributed by atoms with Crippen molar-refractivity contribution < 1.29 is 0 Å². The van der Waals surface area contributed by atoms with E-state index in [1.807, 2.05) is 13.8 Å². The van der Waals surface area contributed by atoms with Gasteiger partial charge >= 0.3 is 0 Å². The van der Waals surface area contributed by atoms with Crippen LogP contribution in [0, 0.1) is 13.8 Å². The Morgan fingerprint density at radius 3 is 2.31 bits per heavy atom. The summed E-state index contributed by atoms with van der Waals surface area (Å²) in [6.45, 7) is 12.7. The van der Waals surface area contributed by atoms with Crippen molar-refractivity contribution in [1.29, 1.82) is 0 Å². The maximum atomic E-state index is 4.61. The van der Waals surface area contributed by atoms with Crippen molar-refractivity contribution in [3.63, 3.8) is 0 Å². The van der Waals surface area contributed by atoms with Gasteiger partial charge < -0.3 is 0 Å². The molecule has 0 spiro atoms. The van der Waals surface area contributed by atoms with Gasteiger partial charge in [-0.05, 0) is 37.0 Å². The molecule has 88 valence electrons. The Morgan fingerprint density at radius 1 is 1.12 bits per heavy atom. The number of hydrogen-bond donors (Lipinski definition) is 0. The molecule has 0 fully saturated rings.